The van der Waals surface area contributed by atoms with Gasteiger partial charge in [0.15, 0.2) is 0 Å². The van der Waals surface area contributed by atoms with Gasteiger partial charge in [0.05, 0.1) is 17.7 Å². The highest BCUT2D eigenvalue weighted by molar-refractivity contribution is 7.09. The molecular formula is C13H23Cl2N3OS. The summed E-state index contributed by atoms with van der Waals surface area (Å²) in [6.45, 7) is 4.87. The van der Waals surface area contributed by atoms with Gasteiger partial charge in [0.2, 0.25) is 5.91 Å². The largest absolute Gasteiger partial charge is 0.341 e. The Bertz CT molecular complexity index is 408. The molecule has 1 aromatic heterocycles. The van der Waals surface area contributed by atoms with Crippen molar-refractivity contribution in [2.24, 2.45) is 5.92 Å². The molecule has 1 saturated heterocycles. The van der Waals surface area contributed by atoms with Gasteiger partial charge in [-0.25, -0.2) is 4.98 Å². The zero-order chi connectivity index (χ0) is 13.0. The molecule has 0 aliphatic carbocycles. The van der Waals surface area contributed by atoms with Crippen LogP contribution in [0.5, 0.6) is 0 Å². The van der Waals surface area contributed by atoms with Crippen LogP contribution in [0.25, 0.3) is 0 Å². The van der Waals surface area contributed by atoms with Crippen LogP contribution in [0.1, 0.15) is 29.8 Å². The van der Waals surface area contributed by atoms with E-state index in [1.807, 2.05) is 24.4 Å². The molecule has 1 amide bonds. The van der Waals surface area contributed by atoms with Gasteiger partial charge in [-0.3, -0.25) is 4.79 Å². The van der Waals surface area contributed by atoms with Gasteiger partial charge >= 0.3 is 0 Å². The lowest BCUT2D eigenvalue weighted by Gasteiger charge is -2.17. The van der Waals surface area contributed by atoms with E-state index < -0.39 is 0 Å². The average Bonchev–Trinajstić information content (AvgIpc) is 2.99. The number of rotatable bonds is 5. The van der Waals surface area contributed by atoms with E-state index in [1.165, 1.54) is 11.3 Å². The Balaban J connectivity index is 0.00000180. The van der Waals surface area contributed by atoms with Crippen LogP contribution in [0.4, 0.5) is 0 Å². The predicted molar refractivity (Wildman–Crippen MR) is 88.0 cm³/mol. The van der Waals surface area contributed by atoms with E-state index in [2.05, 4.69) is 10.3 Å². The maximum absolute atomic E-state index is 12.0. The third-order valence-corrected chi connectivity index (χ3v) is 4.50. The van der Waals surface area contributed by atoms with Gasteiger partial charge in [-0.15, -0.1) is 36.2 Å². The van der Waals surface area contributed by atoms with E-state index in [4.69, 9.17) is 0 Å². The van der Waals surface area contributed by atoms with Crippen molar-refractivity contribution < 1.29 is 4.79 Å². The highest BCUT2D eigenvalue weighted by atomic mass is 35.5. The molecule has 1 unspecified atom stereocenters. The monoisotopic (exact) mass is 339 g/mol. The summed E-state index contributed by atoms with van der Waals surface area (Å²) in [7, 11) is 1.88. The third-order valence-electron chi connectivity index (χ3n) is 3.58. The van der Waals surface area contributed by atoms with E-state index in [9.17, 15) is 4.79 Å². The summed E-state index contributed by atoms with van der Waals surface area (Å²) in [5.41, 5.74) is 2.88. The number of aromatic nitrogens is 1. The Morgan fingerprint density at radius 3 is 2.85 bits per heavy atom. The molecule has 0 radical (unpaired) electrons. The zero-order valence-corrected chi connectivity index (χ0v) is 14.4. The van der Waals surface area contributed by atoms with E-state index in [0.717, 1.165) is 25.2 Å². The number of carbonyl (C=O) groups is 1. The second-order valence-electron chi connectivity index (χ2n) is 5.01. The first kappa shape index (κ1) is 19.6. The van der Waals surface area contributed by atoms with E-state index in [0.29, 0.717) is 18.9 Å². The Kier molecular flexibility index (Phi) is 9.38. The molecule has 1 aliphatic heterocycles. The number of halogens is 2. The summed E-state index contributed by atoms with van der Waals surface area (Å²) in [4.78, 5) is 19.2. The molecule has 1 fully saturated rings. The van der Waals surface area contributed by atoms with E-state index in [1.54, 1.807) is 11.3 Å². The normalized spacial score (nSPS) is 17.2. The van der Waals surface area contributed by atoms with Gasteiger partial charge in [0.25, 0.3) is 0 Å². The molecule has 0 bridgehead atoms. The van der Waals surface area contributed by atoms with Crippen molar-refractivity contribution in [2.45, 2.75) is 32.7 Å². The van der Waals surface area contributed by atoms with Crippen molar-refractivity contribution in [3.8, 4) is 0 Å². The first-order valence-corrected chi connectivity index (χ1v) is 7.38. The van der Waals surface area contributed by atoms with Gasteiger partial charge < -0.3 is 10.2 Å². The Morgan fingerprint density at radius 1 is 1.55 bits per heavy atom. The number of thiazole rings is 1. The van der Waals surface area contributed by atoms with Gasteiger partial charge in [0, 0.05) is 18.3 Å². The lowest BCUT2D eigenvalue weighted by atomic mass is 10.0. The minimum absolute atomic E-state index is 0. The highest BCUT2D eigenvalue weighted by Crippen LogP contribution is 2.17. The molecule has 7 heteroatoms. The minimum atomic E-state index is 0. The third kappa shape index (κ3) is 5.56. The summed E-state index contributed by atoms with van der Waals surface area (Å²) < 4.78 is 0. The van der Waals surface area contributed by atoms with E-state index in [-0.39, 0.29) is 30.7 Å². The van der Waals surface area contributed by atoms with Crippen LogP contribution in [-0.4, -0.2) is 35.9 Å². The molecule has 116 valence electrons. The van der Waals surface area contributed by atoms with Crippen LogP contribution >= 0.6 is 36.2 Å². The number of hydrogen-bond acceptors (Lipinski definition) is 4. The highest BCUT2D eigenvalue weighted by Gasteiger charge is 2.17. The minimum Gasteiger partial charge on any atom is -0.341 e. The van der Waals surface area contributed by atoms with Crippen molar-refractivity contribution in [1.29, 1.82) is 0 Å². The van der Waals surface area contributed by atoms with Crippen LogP contribution < -0.4 is 5.32 Å². The second kappa shape index (κ2) is 9.55. The van der Waals surface area contributed by atoms with Gasteiger partial charge in [-0.2, -0.15) is 0 Å². The van der Waals surface area contributed by atoms with Crippen LogP contribution in [0, 0.1) is 12.8 Å². The predicted octanol–water partition coefficient (Wildman–Crippen LogP) is 2.64. The Labute approximate surface area is 137 Å². The standard InChI is InChI=1S/C13H21N3OS.2ClH/c1-10-12(18-9-15-10)8-16(2)13(17)4-3-11-5-6-14-7-11;;/h9,11,14H,3-8H2,1-2H3;2*1H. The quantitative estimate of drug-likeness (QED) is 0.896. The molecule has 2 rings (SSSR count). The summed E-state index contributed by atoms with van der Waals surface area (Å²) in [5, 5.41) is 3.34. The molecule has 0 saturated carbocycles. The number of amides is 1. The molecular weight excluding hydrogens is 317 g/mol. The van der Waals surface area contributed by atoms with Gasteiger partial charge in [0.1, 0.15) is 0 Å². The van der Waals surface area contributed by atoms with Gasteiger partial charge in [-0.1, -0.05) is 0 Å². The van der Waals surface area contributed by atoms with Crippen LogP contribution in [-0.2, 0) is 11.3 Å². The average molecular weight is 340 g/mol. The second-order valence-corrected chi connectivity index (χ2v) is 5.95. The van der Waals surface area contributed by atoms with Crippen molar-refractivity contribution in [3.63, 3.8) is 0 Å². The van der Waals surface area contributed by atoms with Gasteiger partial charge in [-0.05, 0) is 38.8 Å². The van der Waals surface area contributed by atoms with Crippen LogP contribution in [0.3, 0.4) is 0 Å². The Hall–Kier alpha value is -0.360. The SMILES string of the molecule is Cc1ncsc1CN(C)C(=O)CCC1CCNC1.Cl.Cl. The molecule has 1 aliphatic rings. The molecule has 0 aromatic carbocycles. The first-order chi connectivity index (χ1) is 8.66. The Morgan fingerprint density at radius 2 is 2.30 bits per heavy atom. The summed E-state index contributed by atoms with van der Waals surface area (Å²) in [6, 6.07) is 0. The fourth-order valence-electron chi connectivity index (χ4n) is 2.26. The zero-order valence-electron chi connectivity index (χ0n) is 11.9. The van der Waals surface area contributed by atoms with Crippen LogP contribution in [0.2, 0.25) is 0 Å². The summed E-state index contributed by atoms with van der Waals surface area (Å²) in [6.07, 6.45) is 2.89. The maximum atomic E-state index is 12.0. The lowest BCUT2D eigenvalue weighted by Crippen LogP contribution is -2.26. The first-order valence-electron chi connectivity index (χ1n) is 6.50. The smallest absolute Gasteiger partial charge is 0.222 e. The molecule has 4 nitrogen and oxygen atoms in total. The molecule has 1 aromatic rings. The van der Waals surface area contributed by atoms with Crippen molar-refractivity contribution >= 4 is 42.1 Å². The van der Waals surface area contributed by atoms with Crippen molar-refractivity contribution in [1.82, 2.24) is 15.2 Å². The molecule has 1 atom stereocenters. The van der Waals surface area contributed by atoms with Crippen molar-refractivity contribution in [3.05, 3.63) is 16.1 Å². The van der Waals surface area contributed by atoms with Crippen LogP contribution in [0.15, 0.2) is 5.51 Å². The number of nitrogens with one attached hydrogen (secondary N) is 1. The van der Waals surface area contributed by atoms with Crippen molar-refractivity contribution in [2.75, 3.05) is 20.1 Å². The molecule has 1 N–H and O–H groups in total. The molecule has 20 heavy (non-hydrogen) atoms. The number of carbonyl (C=O) groups excluding carboxylic acids is 1. The maximum Gasteiger partial charge on any atom is 0.222 e. The fraction of sp³-hybridized carbons (Fsp3) is 0.692. The summed E-state index contributed by atoms with van der Waals surface area (Å²) >= 11 is 1.62. The topological polar surface area (TPSA) is 45.2 Å². The fourth-order valence-corrected chi connectivity index (χ4v) is 3.09. The van der Waals surface area contributed by atoms with E-state index >= 15 is 0 Å². The lowest BCUT2D eigenvalue weighted by molar-refractivity contribution is -0.130. The number of hydrogen-bond donors (Lipinski definition) is 1. The summed E-state index contributed by atoms with van der Waals surface area (Å²) in [5.74, 6) is 0.933. The number of nitrogens with zero attached hydrogens (tertiary/aromatic N) is 2. The molecule has 2 heterocycles. The number of aryl methyl sites for hydroxylation is 1. The molecule has 0 spiro atoms.